The predicted octanol–water partition coefficient (Wildman–Crippen LogP) is 0.121. The van der Waals surface area contributed by atoms with Gasteiger partial charge in [0.25, 0.3) is 0 Å². The second kappa shape index (κ2) is 6.65. The minimum atomic E-state index is -3.61. The molecule has 6 nitrogen and oxygen atoms in total. The van der Waals surface area contributed by atoms with Crippen molar-refractivity contribution >= 4 is 15.9 Å². The molecule has 0 bridgehead atoms. The molecule has 19 heavy (non-hydrogen) atoms. The maximum atomic E-state index is 12.0. The predicted molar refractivity (Wildman–Crippen MR) is 72.9 cm³/mol. The highest BCUT2D eigenvalue weighted by atomic mass is 32.2. The lowest BCUT2D eigenvalue weighted by atomic mass is 10.1. The van der Waals surface area contributed by atoms with E-state index in [1.54, 1.807) is 19.2 Å². The molecule has 1 atom stereocenters. The van der Waals surface area contributed by atoms with Gasteiger partial charge in [0, 0.05) is 19.0 Å². The fourth-order valence-corrected chi connectivity index (χ4v) is 2.60. The summed E-state index contributed by atoms with van der Waals surface area (Å²) >= 11 is 0. The molecule has 0 spiro atoms. The fourth-order valence-electron chi connectivity index (χ4n) is 1.51. The van der Waals surface area contributed by atoms with Crippen LogP contribution in [0.3, 0.4) is 0 Å². The lowest BCUT2D eigenvalue weighted by Gasteiger charge is -2.12. The quantitative estimate of drug-likeness (QED) is 0.662. The Balaban J connectivity index is 2.86. The molecular weight excluding hydrogens is 266 g/mol. The molecule has 0 heterocycles. The summed E-state index contributed by atoms with van der Waals surface area (Å²) in [6, 6.07) is 6.71. The summed E-state index contributed by atoms with van der Waals surface area (Å²) < 4.78 is 26.3. The number of nitrogens with one attached hydrogen (secondary N) is 2. The van der Waals surface area contributed by atoms with Crippen molar-refractivity contribution in [2.45, 2.75) is 24.3 Å². The van der Waals surface area contributed by atoms with E-state index >= 15 is 0 Å². The molecule has 1 aromatic rings. The molecule has 4 N–H and O–H groups in total. The van der Waals surface area contributed by atoms with Crippen molar-refractivity contribution < 1.29 is 13.2 Å². The standard InChI is InChI=1S/C12H19N3O3S/c1-9(14-2)10-4-3-5-11(8-10)19(17,18)15-7-6-12(13)16/h3-5,8-9,14-15H,6-7H2,1-2H3,(H2,13,16). The number of carbonyl (C=O) groups excluding carboxylic acids is 1. The van der Waals surface area contributed by atoms with E-state index in [1.807, 2.05) is 13.0 Å². The number of primary amides is 1. The molecule has 1 amide bonds. The Morgan fingerprint density at radius 1 is 1.42 bits per heavy atom. The minimum absolute atomic E-state index is 0.00345. The van der Waals surface area contributed by atoms with E-state index in [-0.39, 0.29) is 23.9 Å². The summed E-state index contributed by atoms with van der Waals surface area (Å²) in [5, 5.41) is 3.04. The van der Waals surface area contributed by atoms with Gasteiger partial charge in [0.15, 0.2) is 0 Å². The minimum Gasteiger partial charge on any atom is -0.370 e. The van der Waals surface area contributed by atoms with Crippen LogP contribution in [-0.2, 0) is 14.8 Å². The zero-order valence-electron chi connectivity index (χ0n) is 11.0. The van der Waals surface area contributed by atoms with Gasteiger partial charge < -0.3 is 11.1 Å². The normalized spacial score (nSPS) is 13.2. The molecule has 0 aliphatic rings. The monoisotopic (exact) mass is 285 g/mol. The molecule has 7 heteroatoms. The van der Waals surface area contributed by atoms with Gasteiger partial charge in [0.1, 0.15) is 0 Å². The third-order valence-electron chi connectivity index (χ3n) is 2.76. The molecule has 0 saturated carbocycles. The molecular formula is C12H19N3O3S. The first-order chi connectivity index (χ1) is 8.86. The van der Waals surface area contributed by atoms with Crippen LogP contribution in [0.4, 0.5) is 0 Å². The maximum absolute atomic E-state index is 12.0. The summed E-state index contributed by atoms with van der Waals surface area (Å²) in [6.07, 6.45) is -0.0220. The number of nitrogens with two attached hydrogens (primary N) is 1. The lowest BCUT2D eigenvalue weighted by molar-refractivity contribution is -0.117. The second-order valence-corrected chi connectivity index (χ2v) is 5.96. The highest BCUT2D eigenvalue weighted by Crippen LogP contribution is 2.16. The van der Waals surface area contributed by atoms with Crippen molar-refractivity contribution in [1.82, 2.24) is 10.0 Å². The zero-order chi connectivity index (χ0) is 14.5. The lowest BCUT2D eigenvalue weighted by Crippen LogP contribution is -2.28. The van der Waals surface area contributed by atoms with Gasteiger partial charge in [0.2, 0.25) is 15.9 Å². The number of hydrogen-bond donors (Lipinski definition) is 3. The van der Waals surface area contributed by atoms with E-state index in [0.717, 1.165) is 5.56 Å². The van der Waals surface area contributed by atoms with Crippen LogP contribution >= 0.6 is 0 Å². The van der Waals surface area contributed by atoms with Gasteiger partial charge in [-0.2, -0.15) is 0 Å². The second-order valence-electron chi connectivity index (χ2n) is 4.20. The number of sulfonamides is 1. The van der Waals surface area contributed by atoms with E-state index in [2.05, 4.69) is 10.0 Å². The molecule has 106 valence electrons. The smallest absolute Gasteiger partial charge is 0.240 e. The van der Waals surface area contributed by atoms with Crippen LogP contribution in [0.2, 0.25) is 0 Å². The van der Waals surface area contributed by atoms with E-state index in [4.69, 9.17) is 5.73 Å². The molecule has 0 aliphatic carbocycles. The molecule has 1 rings (SSSR count). The van der Waals surface area contributed by atoms with Gasteiger partial charge in [-0.25, -0.2) is 13.1 Å². The van der Waals surface area contributed by atoms with Crippen LogP contribution in [0.25, 0.3) is 0 Å². The van der Waals surface area contributed by atoms with Gasteiger partial charge in [-0.05, 0) is 31.7 Å². The number of amides is 1. The van der Waals surface area contributed by atoms with Crippen LogP contribution in [0.15, 0.2) is 29.2 Å². The van der Waals surface area contributed by atoms with Gasteiger partial charge in [-0.1, -0.05) is 12.1 Å². The Bertz CT molecular complexity index is 543. The Hall–Kier alpha value is -1.44. The van der Waals surface area contributed by atoms with E-state index < -0.39 is 15.9 Å². The van der Waals surface area contributed by atoms with Crippen LogP contribution in [0.5, 0.6) is 0 Å². The Morgan fingerprint density at radius 2 is 2.11 bits per heavy atom. The van der Waals surface area contributed by atoms with Crippen LogP contribution in [0.1, 0.15) is 24.9 Å². The molecule has 1 unspecified atom stereocenters. The van der Waals surface area contributed by atoms with Crippen molar-refractivity contribution in [1.29, 1.82) is 0 Å². The van der Waals surface area contributed by atoms with Gasteiger partial charge in [-0.15, -0.1) is 0 Å². The Kier molecular flexibility index (Phi) is 5.46. The van der Waals surface area contributed by atoms with E-state index in [1.165, 1.54) is 6.07 Å². The average Bonchev–Trinajstić information content (AvgIpc) is 2.37. The van der Waals surface area contributed by atoms with Gasteiger partial charge >= 0.3 is 0 Å². The number of hydrogen-bond acceptors (Lipinski definition) is 4. The molecule has 0 aromatic heterocycles. The van der Waals surface area contributed by atoms with E-state index in [0.29, 0.717) is 0 Å². The number of carbonyl (C=O) groups is 1. The SMILES string of the molecule is CNC(C)c1cccc(S(=O)(=O)NCCC(N)=O)c1. The third-order valence-corrected chi connectivity index (χ3v) is 4.22. The molecule has 1 aromatic carbocycles. The number of benzene rings is 1. The first kappa shape index (κ1) is 15.6. The van der Waals surface area contributed by atoms with Crippen molar-refractivity contribution in [2.24, 2.45) is 5.73 Å². The van der Waals surface area contributed by atoms with Crippen LogP contribution in [-0.4, -0.2) is 27.9 Å². The summed E-state index contributed by atoms with van der Waals surface area (Å²) in [6.45, 7) is 1.94. The Labute approximate surface area is 113 Å². The highest BCUT2D eigenvalue weighted by Gasteiger charge is 2.15. The zero-order valence-corrected chi connectivity index (χ0v) is 11.8. The summed E-state index contributed by atoms with van der Waals surface area (Å²) in [5.41, 5.74) is 5.84. The van der Waals surface area contributed by atoms with Crippen molar-refractivity contribution in [3.8, 4) is 0 Å². The molecule has 0 fully saturated rings. The van der Waals surface area contributed by atoms with Crippen molar-refractivity contribution in [2.75, 3.05) is 13.6 Å². The van der Waals surface area contributed by atoms with Crippen LogP contribution < -0.4 is 15.8 Å². The van der Waals surface area contributed by atoms with Gasteiger partial charge in [-0.3, -0.25) is 4.79 Å². The third kappa shape index (κ3) is 4.62. The molecule has 0 saturated heterocycles. The highest BCUT2D eigenvalue weighted by molar-refractivity contribution is 7.89. The van der Waals surface area contributed by atoms with Gasteiger partial charge in [0.05, 0.1) is 4.90 Å². The topological polar surface area (TPSA) is 101 Å². The summed E-state index contributed by atoms with van der Waals surface area (Å²) in [7, 11) is -1.80. The maximum Gasteiger partial charge on any atom is 0.240 e. The van der Waals surface area contributed by atoms with E-state index in [9.17, 15) is 13.2 Å². The summed E-state index contributed by atoms with van der Waals surface area (Å²) in [5.74, 6) is -0.541. The average molecular weight is 285 g/mol. The Morgan fingerprint density at radius 3 is 2.68 bits per heavy atom. The fraction of sp³-hybridized carbons (Fsp3) is 0.417. The van der Waals surface area contributed by atoms with Crippen molar-refractivity contribution in [3.05, 3.63) is 29.8 Å². The number of rotatable bonds is 7. The van der Waals surface area contributed by atoms with Crippen molar-refractivity contribution in [3.63, 3.8) is 0 Å². The van der Waals surface area contributed by atoms with Crippen LogP contribution in [0, 0.1) is 0 Å². The molecule has 0 aliphatic heterocycles. The largest absolute Gasteiger partial charge is 0.370 e. The first-order valence-corrected chi connectivity index (χ1v) is 7.40. The molecule has 0 radical (unpaired) electrons. The first-order valence-electron chi connectivity index (χ1n) is 5.92. The summed E-state index contributed by atoms with van der Waals surface area (Å²) in [4.78, 5) is 10.8.